The summed E-state index contributed by atoms with van der Waals surface area (Å²) >= 11 is 0. The van der Waals surface area contributed by atoms with E-state index in [1.54, 1.807) is 0 Å². The number of benzene rings is 2. The zero-order chi connectivity index (χ0) is 14.4. The van der Waals surface area contributed by atoms with Crippen molar-refractivity contribution < 1.29 is 4.79 Å². The maximum absolute atomic E-state index is 12.7. The van der Waals surface area contributed by atoms with Gasteiger partial charge in [0.2, 0.25) is 0 Å². The Labute approximate surface area is 125 Å². The molecule has 2 aliphatic rings. The van der Waals surface area contributed by atoms with E-state index in [0.717, 1.165) is 24.8 Å². The summed E-state index contributed by atoms with van der Waals surface area (Å²) in [5.74, 6) is 0.155. The minimum Gasteiger partial charge on any atom is -0.328 e. The Morgan fingerprint density at radius 2 is 1.67 bits per heavy atom. The maximum atomic E-state index is 12.7. The molecule has 4 rings (SSSR count). The fourth-order valence-corrected chi connectivity index (χ4v) is 4.17. The summed E-state index contributed by atoms with van der Waals surface area (Å²) in [4.78, 5) is 14.7. The van der Waals surface area contributed by atoms with Gasteiger partial charge in [0.1, 0.15) is 0 Å². The molecule has 1 unspecified atom stereocenters. The SMILES string of the molecule is CN1C(=O)c2ccccc2C12CCCCc1ccccc12. The van der Waals surface area contributed by atoms with Crippen molar-refractivity contribution in [2.75, 3.05) is 7.05 Å². The molecule has 106 valence electrons. The Morgan fingerprint density at radius 3 is 2.52 bits per heavy atom. The van der Waals surface area contributed by atoms with Crippen LogP contribution in [0.4, 0.5) is 0 Å². The van der Waals surface area contributed by atoms with Gasteiger partial charge in [0.25, 0.3) is 5.91 Å². The second-order valence-corrected chi connectivity index (χ2v) is 6.13. The molecule has 1 spiro atoms. The minimum absolute atomic E-state index is 0.155. The summed E-state index contributed by atoms with van der Waals surface area (Å²) in [7, 11) is 1.96. The number of carbonyl (C=O) groups excluding carboxylic acids is 1. The van der Waals surface area contributed by atoms with Crippen molar-refractivity contribution in [2.45, 2.75) is 31.2 Å². The van der Waals surface area contributed by atoms with Gasteiger partial charge < -0.3 is 4.90 Å². The van der Waals surface area contributed by atoms with Crippen molar-refractivity contribution >= 4 is 5.91 Å². The molecule has 0 radical (unpaired) electrons. The Kier molecular flexibility index (Phi) is 2.68. The maximum Gasteiger partial charge on any atom is 0.254 e. The van der Waals surface area contributed by atoms with Crippen LogP contribution < -0.4 is 0 Å². The van der Waals surface area contributed by atoms with Crippen molar-refractivity contribution in [1.82, 2.24) is 4.90 Å². The molecule has 0 aromatic heterocycles. The number of hydrogen-bond donors (Lipinski definition) is 0. The Bertz CT molecular complexity index is 721. The van der Waals surface area contributed by atoms with Gasteiger partial charge in [0.15, 0.2) is 0 Å². The third-order valence-corrected chi connectivity index (χ3v) is 5.18. The van der Waals surface area contributed by atoms with Crippen molar-refractivity contribution in [2.24, 2.45) is 0 Å². The number of hydrogen-bond acceptors (Lipinski definition) is 1. The number of nitrogens with zero attached hydrogens (tertiary/aromatic N) is 1. The van der Waals surface area contributed by atoms with E-state index in [0.29, 0.717) is 0 Å². The van der Waals surface area contributed by atoms with Gasteiger partial charge in [0, 0.05) is 12.6 Å². The van der Waals surface area contributed by atoms with Crippen molar-refractivity contribution in [1.29, 1.82) is 0 Å². The molecule has 0 N–H and O–H groups in total. The molecule has 2 aromatic rings. The van der Waals surface area contributed by atoms with Crippen LogP contribution in [-0.2, 0) is 12.0 Å². The third kappa shape index (κ3) is 1.56. The van der Waals surface area contributed by atoms with Gasteiger partial charge in [-0.05, 0) is 42.0 Å². The van der Waals surface area contributed by atoms with Crippen LogP contribution in [-0.4, -0.2) is 17.9 Å². The van der Waals surface area contributed by atoms with Crippen LogP contribution in [0, 0.1) is 0 Å². The van der Waals surface area contributed by atoms with Gasteiger partial charge in [0.05, 0.1) is 5.54 Å². The third-order valence-electron chi connectivity index (χ3n) is 5.18. The highest BCUT2D eigenvalue weighted by molar-refractivity contribution is 6.00. The average Bonchev–Trinajstić information content (AvgIpc) is 2.68. The number of rotatable bonds is 0. The molecule has 1 heterocycles. The predicted octanol–water partition coefficient (Wildman–Crippen LogP) is 3.74. The Hall–Kier alpha value is -2.09. The van der Waals surface area contributed by atoms with Gasteiger partial charge in [-0.25, -0.2) is 0 Å². The molecule has 2 aromatic carbocycles. The van der Waals surface area contributed by atoms with E-state index in [-0.39, 0.29) is 11.4 Å². The molecule has 0 saturated heterocycles. The highest BCUT2D eigenvalue weighted by Crippen LogP contribution is 2.49. The quantitative estimate of drug-likeness (QED) is 0.718. The normalized spacial score (nSPS) is 23.9. The molecule has 1 atom stereocenters. The lowest BCUT2D eigenvalue weighted by atomic mass is 9.78. The van der Waals surface area contributed by atoms with E-state index in [1.807, 2.05) is 24.1 Å². The number of aryl methyl sites for hydroxylation is 1. The first-order valence-electron chi connectivity index (χ1n) is 7.71. The van der Waals surface area contributed by atoms with E-state index in [9.17, 15) is 4.79 Å². The Morgan fingerprint density at radius 1 is 0.952 bits per heavy atom. The van der Waals surface area contributed by atoms with Gasteiger partial charge in [-0.15, -0.1) is 0 Å². The van der Waals surface area contributed by atoms with E-state index >= 15 is 0 Å². The molecule has 1 aliphatic carbocycles. The minimum atomic E-state index is -0.263. The lowest BCUT2D eigenvalue weighted by Crippen LogP contribution is -2.42. The molecule has 1 amide bonds. The molecule has 2 nitrogen and oxygen atoms in total. The first-order chi connectivity index (χ1) is 10.2. The number of amides is 1. The smallest absolute Gasteiger partial charge is 0.254 e. The molecular formula is C19H19NO. The number of carbonyl (C=O) groups is 1. The first-order valence-corrected chi connectivity index (χ1v) is 7.71. The van der Waals surface area contributed by atoms with Gasteiger partial charge in [-0.2, -0.15) is 0 Å². The predicted molar refractivity (Wildman–Crippen MR) is 83.3 cm³/mol. The van der Waals surface area contributed by atoms with E-state index in [2.05, 4.69) is 36.4 Å². The van der Waals surface area contributed by atoms with Crippen molar-refractivity contribution in [3.05, 3.63) is 70.8 Å². The lowest BCUT2D eigenvalue weighted by Gasteiger charge is -2.38. The topological polar surface area (TPSA) is 20.3 Å². The molecule has 1 aliphatic heterocycles. The molecule has 0 saturated carbocycles. The zero-order valence-corrected chi connectivity index (χ0v) is 12.3. The van der Waals surface area contributed by atoms with Crippen LogP contribution in [0.15, 0.2) is 48.5 Å². The average molecular weight is 277 g/mol. The summed E-state index contributed by atoms with van der Waals surface area (Å²) in [6.07, 6.45) is 4.48. The first kappa shape index (κ1) is 12.6. The highest BCUT2D eigenvalue weighted by atomic mass is 16.2. The standard InChI is InChI=1S/C19H19NO/c1-20-18(21)15-10-3-5-12-17(15)19(20)13-7-6-9-14-8-2-4-11-16(14)19/h2-5,8,10-12H,6-7,9,13H2,1H3. The van der Waals surface area contributed by atoms with E-state index in [4.69, 9.17) is 0 Å². The van der Waals surface area contributed by atoms with Gasteiger partial charge in [-0.3, -0.25) is 4.79 Å². The van der Waals surface area contributed by atoms with E-state index < -0.39 is 0 Å². The fraction of sp³-hybridized carbons (Fsp3) is 0.316. The monoisotopic (exact) mass is 277 g/mol. The van der Waals surface area contributed by atoms with Crippen LogP contribution in [0.2, 0.25) is 0 Å². The second kappa shape index (κ2) is 4.45. The van der Waals surface area contributed by atoms with Crippen molar-refractivity contribution in [3.8, 4) is 0 Å². The van der Waals surface area contributed by atoms with Crippen LogP contribution in [0.3, 0.4) is 0 Å². The largest absolute Gasteiger partial charge is 0.328 e. The summed E-state index contributed by atoms with van der Waals surface area (Å²) in [5, 5.41) is 0. The summed E-state index contributed by atoms with van der Waals surface area (Å²) in [5.41, 5.74) is 4.51. The Balaban J connectivity index is 2.05. The van der Waals surface area contributed by atoms with Gasteiger partial charge >= 0.3 is 0 Å². The van der Waals surface area contributed by atoms with Crippen LogP contribution >= 0.6 is 0 Å². The van der Waals surface area contributed by atoms with Crippen LogP contribution in [0.1, 0.15) is 46.3 Å². The summed E-state index contributed by atoms with van der Waals surface area (Å²) in [6, 6.07) is 16.8. The second-order valence-electron chi connectivity index (χ2n) is 6.13. The number of fused-ring (bicyclic) bond motifs is 4. The summed E-state index contributed by atoms with van der Waals surface area (Å²) < 4.78 is 0. The molecule has 21 heavy (non-hydrogen) atoms. The fourth-order valence-electron chi connectivity index (χ4n) is 4.17. The molecule has 0 bridgehead atoms. The summed E-state index contributed by atoms with van der Waals surface area (Å²) in [6.45, 7) is 0. The van der Waals surface area contributed by atoms with Crippen LogP contribution in [0.5, 0.6) is 0 Å². The van der Waals surface area contributed by atoms with Crippen molar-refractivity contribution in [3.63, 3.8) is 0 Å². The van der Waals surface area contributed by atoms with E-state index in [1.165, 1.54) is 23.1 Å². The molecular weight excluding hydrogens is 258 g/mol. The molecule has 0 fully saturated rings. The van der Waals surface area contributed by atoms with Gasteiger partial charge in [-0.1, -0.05) is 48.9 Å². The molecule has 2 heteroatoms. The zero-order valence-electron chi connectivity index (χ0n) is 12.3. The van der Waals surface area contributed by atoms with Crippen LogP contribution in [0.25, 0.3) is 0 Å². The highest BCUT2D eigenvalue weighted by Gasteiger charge is 2.49. The lowest BCUT2D eigenvalue weighted by molar-refractivity contribution is 0.0680.